The Morgan fingerprint density at radius 3 is 2.62 bits per heavy atom. The van der Waals surface area contributed by atoms with Crippen molar-refractivity contribution in [2.75, 3.05) is 0 Å². The summed E-state index contributed by atoms with van der Waals surface area (Å²) in [7, 11) is 0. The maximum Gasteiger partial charge on any atom is 0.0845 e. The lowest BCUT2D eigenvalue weighted by Gasteiger charge is -2.12. The molecule has 0 saturated heterocycles. The maximum absolute atomic E-state index is 10.5. The third-order valence-electron chi connectivity index (χ3n) is 4.00. The number of hydrogen-bond acceptors (Lipinski definition) is 2. The van der Waals surface area contributed by atoms with Gasteiger partial charge >= 0.3 is 0 Å². The molecule has 2 aromatic carbocycles. The van der Waals surface area contributed by atoms with Crippen molar-refractivity contribution in [3.63, 3.8) is 0 Å². The van der Waals surface area contributed by atoms with Crippen LogP contribution in [0.25, 0.3) is 10.9 Å². The molecule has 1 aromatic heterocycles. The van der Waals surface area contributed by atoms with Gasteiger partial charge in [0.2, 0.25) is 0 Å². The van der Waals surface area contributed by atoms with Crippen LogP contribution in [-0.2, 0) is 6.42 Å². The van der Waals surface area contributed by atoms with Crippen molar-refractivity contribution in [2.24, 2.45) is 0 Å². The number of benzene rings is 2. The summed E-state index contributed by atoms with van der Waals surface area (Å²) in [4.78, 5) is 4.42. The monoisotopic (exact) mass is 277 g/mol. The molecule has 3 aromatic rings. The van der Waals surface area contributed by atoms with Gasteiger partial charge in [-0.15, -0.1) is 0 Å². The van der Waals surface area contributed by atoms with Crippen LogP contribution in [0.1, 0.15) is 28.4 Å². The van der Waals surface area contributed by atoms with Gasteiger partial charge in [0.15, 0.2) is 0 Å². The van der Waals surface area contributed by atoms with Crippen LogP contribution in [0.5, 0.6) is 0 Å². The van der Waals surface area contributed by atoms with E-state index in [1.54, 1.807) is 6.20 Å². The average Bonchev–Trinajstić information content (AvgIpc) is 2.50. The third-order valence-corrected chi connectivity index (χ3v) is 4.00. The minimum atomic E-state index is -0.524. The lowest BCUT2D eigenvalue weighted by molar-refractivity contribution is 0.178. The van der Waals surface area contributed by atoms with E-state index in [2.05, 4.69) is 37.0 Å². The Kier molecular flexibility index (Phi) is 3.72. The minimum absolute atomic E-state index is 0.524. The Morgan fingerprint density at radius 1 is 1.00 bits per heavy atom. The average molecular weight is 277 g/mol. The first kappa shape index (κ1) is 13.8. The van der Waals surface area contributed by atoms with Crippen LogP contribution >= 0.6 is 0 Å². The van der Waals surface area contributed by atoms with Gasteiger partial charge in [0.25, 0.3) is 0 Å². The molecular weight excluding hydrogens is 258 g/mol. The number of fused-ring (bicyclic) bond motifs is 1. The van der Waals surface area contributed by atoms with E-state index in [1.165, 1.54) is 11.1 Å². The van der Waals surface area contributed by atoms with E-state index >= 15 is 0 Å². The highest BCUT2D eigenvalue weighted by atomic mass is 16.3. The predicted octanol–water partition coefficient (Wildman–Crippen LogP) is 4.13. The van der Waals surface area contributed by atoms with E-state index < -0.39 is 6.10 Å². The number of hydrogen-bond donors (Lipinski definition) is 1. The van der Waals surface area contributed by atoms with Crippen molar-refractivity contribution in [1.82, 2.24) is 4.98 Å². The van der Waals surface area contributed by atoms with Crippen molar-refractivity contribution in [2.45, 2.75) is 26.4 Å². The van der Waals surface area contributed by atoms with Crippen LogP contribution < -0.4 is 0 Å². The summed E-state index contributed by atoms with van der Waals surface area (Å²) in [5.41, 5.74) is 5.52. The van der Waals surface area contributed by atoms with Gasteiger partial charge in [-0.3, -0.25) is 4.98 Å². The van der Waals surface area contributed by atoms with E-state index in [9.17, 15) is 5.11 Å². The summed E-state index contributed by atoms with van der Waals surface area (Å²) in [6, 6.07) is 16.3. The predicted molar refractivity (Wildman–Crippen MR) is 86.3 cm³/mol. The van der Waals surface area contributed by atoms with Crippen molar-refractivity contribution in [3.05, 3.63) is 77.0 Å². The zero-order valence-corrected chi connectivity index (χ0v) is 12.4. The molecule has 0 spiro atoms. The highest BCUT2D eigenvalue weighted by Gasteiger charge is 2.10. The van der Waals surface area contributed by atoms with Crippen LogP contribution in [0.2, 0.25) is 0 Å². The zero-order valence-electron chi connectivity index (χ0n) is 12.4. The molecule has 0 saturated carbocycles. The highest BCUT2D eigenvalue weighted by Crippen LogP contribution is 2.22. The van der Waals surface area contributed by atoms with Crippen LogP contribution in [0.3, 0.4) is 0 Å². The Hall–Kier alpha value is -2.19. The molecule has 21 heavy (non-hydrogen) atoms. The molecule has 0 fully saturated rings. The second-order valence-corrected chi connectivity index (χ2v) is 5.60. The van der Waals surface area contributed by atoms with E-state index in [1.807, 2.05) is 30.3 Å². The number of aliphatic hydroxyl groups excluding tert-OH is 1. The zero-order chi connectivity index (χ0) is 14.8. The van der Waals surface area contributed by atoms with Gasteiger partial charge in [-0.1, -0.05) is 36.4 Å². The molecule has 0 bridgehead atoms. The largest absolute Gasteiger partial charge is 0.388 e. The molecule has 0 radical (unpaired) electrons. The lowest BCUT2D eigenvalue weighted by atomic mass is 9.98. The smallest absolute Gasteiger partial charge is 0.0845 e. The quantitative estimate of drug-likeness (QED) is 0.781. The summed E-state index contributed by atoms with van der Waals surface area (Å²) in [6.45, 7) is 4.20. The lowest BCUT2D eigenvalue weighted by Crippen LogP contribution is -2.03. The normalized spacial score (nSPS) is 12.5. The molecule has 1 unspecified atom stereocenters. The summed E-state index contributed by atoms with van der Waals surface area (Å²) in [5.74, 6) is 0. The molecule has 106 valence electrons. The number of aromatic nitrogens is 1. The molecule has 1 atom stereocenters. The topological polar surface area (TPSA) is 33.1 Å². The first-order chi connectivity index (χ1) is 10.1. The number of aryl methyl sites for hydroxylation is 2. The van der Waals surface area contributed by atoms with E-state index in [-0.39, 0.29) is 0 Å². The number of aliphatic hydroxyl groups is 1. The molecule has 2 heteroatoms. The minimum Gasteiger partial charge on any atom is -0.388 e. The van der Waals surface area contributed by atoms with Crippen molar-refractivity contribution < 1.29 is 5.11 Å². The van der Waals surface area contributed by atoms with Crippen LogP contribution in [0.15, 0.2) is 54.7 Å². The van der Waals surface area contributed by atoms with Gasteiger partial charge in [0, 0.05) is 18.0 Å². The Labute approximate surface area is 125 Å². The number of pyridine rings is 1. The Bertz CT molecular complexity index is 779. The number of rotatable bonds is 3. The van der Waals surface area contributed by atoms with Crippen LogP contribution in [0, 0.1) is 13.8 Å². The highest BCUT2D eigenvalue weighted by molar-refractivity contribution is 5.78. The standard InChI is InChI=1S/C19H19NO/c1-13-7-8-15(9-14(13)2)10-19(21)17-11-16-5-3-4-6-18(16)20-12-17/h3-9,11-12,19,21H,10H2,1-2H3. The van der Waals surface area contributed by atoms with Gasteiger partial charge in [0.05, 0.1) is 11.6 Å². The van der Waals surface area contributed by atoms with E-state index in [0.29, 0.717) is 6.42 Å². The summed E-state index contributed by atoms with van der Waals surface area (Å²) >= 11 is 0. The van der Waals surface area contributed by atoms with Crippen LogP contribution in [-0.4, -0.2) is 10.1 Å². The fraction of sp³-hybridized carbons (Fsp3) is 0.211. The molecular formula is C19H19NO. The van der Waals surface area contributed by atoms with E-state index in [0.717, 1.165) is 22.0 Å². The van der Waals surface area contributed by atoms with Gasteiger partial charge in [-0.05, 0) is 48.2 Å². The summed E-state index contributed by atoms with van der Waals surface area (Å²) in [6.07, 6.45) is 1.86. The molecule has 1 heterocycles. The molecule has 0 amide bonds. The molecule has 0 aliphatic carbocycles. The number of nitrogens with zero attached hydrogens (tertiary/aromatic N) is 1. The fourth-order valence-corrected chi connectivity index (χ4v) is 2.54. The van der Waals surface area contributed by atoms with E-state index in [4.69, 9.17) is 0 Å². The SMILES string of the molecule is Cc1ccc(CC(O)c2cnc3ccccc3c2)cc1C. The second-order valence-electron chi connectivity index (χ2n) is 5.60. The van der Waals surface area contributed by atoms with Crippen LogP contribution in [0.4, 0.5) is 0 Å². The molecule has 2 nitrogen and oxygen atoms in total. The Balaban J connectivity index is 1.85. The fourth-order valence-electron chi connectivity index (χ4n) is 2.54. The van der Waals surface area contributed by atoms with Crippen molar-refractivity contribution in [1.29, 1.82) is 0 Å². The molecule has 1 N–H and O–H groups in total. The molecule has 0 aliphatic rings. The van der Waals surface area contributed by atoms with Gasteiger partial charge in [-0.2, -0.15) is 0 Å². The summed E-state index contributed by atoms with van der Waals surface area (Å²) < 4.78 is 0. The third kappa shape index (κ3) is 2.96. The molecule has 3 rings (SSSR count). The van der Waals surface area contributed by atoms with Crippen molar-refractivity contribution >= 4 is 10.9 Å². The first-order valence-electron chi connectivity index (χ1n) is 7.22. The van der Waals surface area contributed by atoms with Gasteiger partial charge in [-0.25, -0.2) is 0 Å². The second kappa shape index (κ2) is 5.66. The van der Waals surface area contributed by atoms with Crippen molar-refractivity contribution in [3.8, 4) is 0 Å². The Morgan fingerprint density at radius 2 is 1.81 bits per heavy atom. The van der Waals surface area contributed by atoms with Gasteiger partial charge in [0.1, 0.15) is 0 Å². The summed E-state index contributed by atoms with van der Waals surface area (Å²) in [5, 5.41) is 11.5. The molecule has 0 aliphatic heterocycles. The van der Waals surface area contributed by atoms with Gasteiger partial charge < -0.3 is 5.11 Å². The first-order valence-corrected chi connectivity index (χ1v) is 7.22. The number of para-hydroxylation sites is 1. The maximum atomic E-state index is 10.5.